The van der Waals surface area contributed by atoms with E-state index in [1.165, 1.54) is 77.6 Å². The Labute approximate surface area is 292 Å². The summed E-state index contributed by atoms with van der Waals surface area (Å²) in [6, 6.07) is 41.7. The molecule has 0 heterocycles. The molecule has 8 rings (SSSR count). The minimum atomic E-state index is -0.119. The molecule has 236 valence electrons. The molecule has 0 spiro atoms. The fraction of sp³-hybridized carbons (Fsp3) is 0.167. The van der Waals surface area contributed by atoms with Crippen molar-refractivity contribution in [3.63, 3.8) is 0 Å². The Morgan fingerprint density at radius 1 is 0.510 bits per heavy atom. The summed E-state index contributed by atoms with van der Waals surface area (Å²) in [5.41, 5.74) is 18.3. The van der Waals surface area contributed by atoms with Crippen LogP contribution >= 0.6 is 0 Å². The number of hydrogen-bond donors (Lipinski definition) is 0. The van der Waals surface area contributed by atoms with Crippen LogP contribution < -0.4 is 16.4 Å². The smallest absolute Gasteiger partial charge is 0.0988 e. The Morgan fingerprint density at radius 2 is 1.06 bits per heavy atom. The monoisotopic (exact) mass is 628 g/mol. The van der Waals surface area contributed by atoms with E-state index in [2.05, 4.69) is 178 Å². The van der Waals surface area contributed by atoms with Gasteiger partial charge in [-0.3, -0.25) is 0 Å². The lowest BCUT2D eigenvalue weighted by Gasteiger charge is -2.24. The number of allylic oxidation sites excluding steroid dienone is 8. The second kappa shape index (κ2) is 12.9. The molecule has 0 fully saturated rings. The highest BCUT2D eigenvalue weighted by molar-refractivity contribution is 6.95. The first kappa shape index (κ1) is 31.0. The summed E-state index contributed by atoms with van der Waals surface area (Å²) in [5.74, 6) is 6.47. The third-order valence-electron chi connectivity index (χ3n) is 10.6. The van der Waals surface area contributed by atoms with Crippen LogP contribution in [0.1, 0.15) is 67.3 Å². The fourth-order valence-electron chi connectivity index (χ4n) is 7.83. The molecule has 0 atom stereocenters. The zero-order valence-electron chi connectivity index (χ0n) is 28.8. The predicted octanol–water partition coefficient (Wildman–Crippen LogP) is 9.95. The number of rotatable bonds is 6. The second-order valence-electron chi connectivity index (χ2n) is 14.2. The number of benzene rings is 5. The van der Waals surface area contributed by atoms with E-state index in [-0.39, 0.29) is 12.1 Å². The Kier molecular flexibility index (Phi) is 8.19. The summed E-state index contributed by atoms with van der Waals surface area (Å²) in [6.45, 7) is 7.04. The molecule has 5 aromatic rings. The van der Waals surface area contributed by atoms with Crippen LogP contribution in [0.15, 0.2) is 146 Å². The molecule has 5 aromatic carbocycles. The van der Waals surface area contributed by atoms with Crippen molar-refractivity contribution >= 4 is 34.2 Å². The van der Waals surface area contributed by atoms with Crippen molar-refractivity contribution < 1.29 is 0 Å². The van der Waals surface area contributed by atoms with E-state index in [4.69, 9.17) is 0 Å². The lowest BCUT2D eigenvalue weighted by Crippen LogP contribution is -2.52. The summed E-state index contributed by atoms with van der Waals surface area (Å²) < 4.78 is 0. The molecule has 3 aliphatic rings. The average Bonchev–Trinajstić information content (AvgIpc) is 3.35. The highest BCUT2D eigenvalue weighted by Crippen LogP contribution is 2.49. The van der Waals surface area contributed by atoms with Crippen LogP contribution in [0, 0.1) is 18.8 Å². The van der Waals surface area contributed by atoms with Crippen molar-refractivity contribution in [2.24, 2.45) is 0 Å². The number of hydrogen-bond acceptors (Lipinski definition) is 0. The van der Waals surface area contributed by atoms with Gasteiger partial charge >= 0.3 is 0 Å². The fourth-order valence-corrected chi connectivity index (χ4v) is 7.83. The quantitative estimate of drug-likeness (QED) is 0.130. The van der Waals surface area contributed by atoms with Crippen molar-refractivity contribution in [3.8, 4) is 34.1 Å². The van der Waals surface area contributed by atoms with Gasteiger partial charge in [0.15, 0.2) is 0 Å². The largest absolute Gasteiger partial charge is 0.241 e. The van der Waals surface area contributed by atoms with Crippen molar-refractivity contribution in [3.05, 3.63) is 173 Å². The zero-order valence-corrected chi connectivity index (χ0v) is 28.8. The Hall–Kier alpha value is -5.32. The Morgan fingerprint density at radius 3 is 1.76 bits per heavy atom. The normalized spacial score (nSPS) is 17.3. The van der Waals surface area contributed by atoms with Gasteiger partial charge in [0.25, 0.3) is 0 Å². The maximum absolute atomic E-state index is 3.26. The van der Waals surface area contributed by atoms with Gasteiger partial charge in [-0.05, 0) is 81.5 Å². The van der Waals surface area contributed by atoms with Gasteiger partial charge in [-0.1, -0.05) is 187 Å². The summed E-state index contributed by atoms with van der Waals surface area (Å²) in [4.78, 5) is 0. The van der Waals surface area contributed by atoms with Crippen molar-refractivity contribution in [1.82, 2.24) is 0 Å². The Bertz CT molecular complexity index is 2220. The lowest BCUT2D eigenvalue weighted by atomic mass is 9.36. The van der Waals surface area contributed by atoms with E-state index >= 15 is 0 Å². The molecule has 0 unspecified atom stereocenters. The zero-order chi connectivity index (χ0) is 33.4. The van der Waals surface area contributed by atoms with Gasteiger partial charge in [-0.2, -0.15) is 0 Å². The van der Waals surface area contributed by atoms with Crippen LogP contribution in [0.2, 0.25) is 0 Å². The molecule has 3 aliphatic carbocycles. The van der Waals surface area contributed by atoms with Crippen LogP contribution in [0.4, 0.5) is 0 Å². The molecular formula is C48H41B. The van der Waals surface area contributed by atoms with E-state index in [1.54, 1.807) is 0 Å². The molecule has 0 amide bonds. The molecule has 49 heavy (non-hydrogen) atoms. The minimum Gasteiger partial charge on any atom is -0.0988 e. The average molecular weight is 629 g/mol. The molecule has 0 nitrogen and oxygen atoms in total. The third-order valence-corrected chi connectivity index (χ3v) is 10.6. The lowest BCUT2D eigenvalue weighted by molar-refractivity contribution is 0.660. The minimum absolute atomic E-state index is 0.115. The second-order valence-corrected chi connectivity index (χ2v) is 14.2. The first-order chi connectivity index (χ1) is 24.0. The van der Waals surface area contributed by atoms with E-state index in [9.17, 15) is 0 Å². The molecule has 0 aliphatic heterocycles. The van der Waals surface area contributed by atoms with Gasteiger partial charge in [-0.15, -0.1) is 0 Å². The molecule has 0 bridgehead atoms. The molecule has 0 saturated heterocycles. The Balaban J connectivity index is 1.19. The van der Waals surface area contributed by atoms with Crippen LogP contribution in [-0.2, 0) is 5.41 Å². The maximum Gasteiger partial charge on any atom is 0.241 e. The summed E-state index contributed by atoms with van der Waals surface area (Å²) >= 11 is 0. The highest BCUT2D eigenvalue weighted by Gasteiger charge is 2.37. The van der Waals surface area contributed by atoms with Gasteiger partial charge < -0.3 is 0 Å². The van der Waals surface area contributed by atoms with Gasteiger partial charge in [0.05, 0.1) is 0 Å². The summed E-state index contributed by atoms with van der Waals surface area (Å²) in [6.07, 6.45) is 17.5. The molecule has 0 N–H and O–H groups in total. The standard InChI is InChI=1S/C48H41B/c1-34-16-18-37(19-17-34)39-22-27-42(28-23-39)49(41-25-20-38(21-26-41)35-12-10-7-11-13-35)43-29-31-45-44-30-24-40(36-14-8-5-4-6-9-15-36)32-46(44)48(2,3)47(45)33-43/h8,10,12-33H,5,7,9,11H2,1-3H3/b14-8-,36-15+. The number of fused-ring (bicyclic) bond motifs is 3. The van der Waals surface area contributed by atoms with E-state index < -0.39 is 0 Å². The van der Waals surface area contributed by atoms with Gasteiger partial charge in [0.2, 0.25) is 6.71 Å². The molecule has 0 aromatic heterocycles. The van der Waals surface area contributed by atoms with Gasteiger partial charge in [0.1, 0.15) is 0 Å². The van der Waals surface area contributed by atoms with Crippen LogP contribution in [0.3, 0.4) is 0 Å². The van der Waals surface area contributed by atoms with Crippen LogP contribution in [-0.4, -0.2) is 6.71 Å². The van der Waals surface area contributed by atoms with E-state index in [0.717, 1.165) is 25.7 Å². The predicted molar refractivity (Wildman–Crippen MR) is 212 cm³/mol. The summed E-state index contributed by atoms with van der Waals surface area (Å²) in [5, 5.41) is 0. The first-order valence-corrected chi connectivity index (χ1v) is 17.7. The van der Waals surface area contributed by atoms with Crippen molar-refractivity contribution in [1.29, 1.82) is 0 Å². The molecule has 0 radical (unpaired) electrons. The molecular weight excluding hydrogens is 587 g/mol. The topological polar surface area (TPSA) is 0 Å². The first-order valence-electron chi connectivity index (χ1n) is 17.7. The number of aryl methyl sites for hydroxylation is 1. The van der Waals surface area contributed by atoms with E-state index in [0.29, 0.717) is 0 Å². The SMILES string of the molecule is Cc1ccc(-c2ccc(B(c3ccc(C4=CCCC=C4)cc3)c3ccc4c(c3)C(C)(C)c3cc(C5=C/CC#CC/C=C\5)ccc3-4)cc2)cc1. The van der Waals surface area contributed by atoms with Crippen LogP contribution in [0.25, 0.3) is 33.4 Å². The van der Waals surface area contributed by atoms with E-state index in [1.807, 2.05) is 0 Å². The van der Waals surface area contributed by atoms with Gasteiger partial charge in [-0.25, -0.2) is 0 Å². The summed E-state index contributed by atoms with van der Waals surface area (Å²) in [7, 11) is 0. The third kappa shape index (κ3) is 5.98. The molecule has 1 heteroatoms. The van der Waals surface area contributed by atoms with Crippen molar-refractivity contribution in [2.75, 3.05) is 0 Å². The van der Waals surface area contributed by atoms with Crippen LogP contribution in [0.5, 0.6) is 0 Å². The highest BCUT2D eigenvalue weighted by atomic mass is 14.4. The molecule has 0 saturated carbocycles. The maximum atomic E-state index is 3.26. The van der Waals surface area contributed by atoms with Gasteiger partial charge in [0, 0.05) is 18.3 Å². The van der Waals surface area contributed by atoms with Crippen molar-refractivity contribution in [2.45, 2.75) is 51.9 Å².